The second kappa shape index (κ2) is 10.4. The fourth-order valence-corrected chi connectivity index (χ4v) is 4.02. The van der Waals surface area contributed by atoms with Crippen molar-refractivity contribution in [2.75, 3.05) is 29.0 Å². The lowest BCUT2D eigenvalue weighted by Crippen LogP contribution is -2.31. The molecule has 0 bridgehead atoms. The van der Waals surface area contributed by atoms with Gasteiger partial charge in [0.2, 0.25) is 15.9 Å². The van der Waals surface area contributed by atoms with Crippen molar-refractivity contribution in [2.24, 2.45) is 0 Å². The molecule has 0 saturated carbocycles. The van der Waals surface area contributed by atoms with E-state index in [0.29, 0.717) is 23.4 Å². The maximum atomic E-state index is 12.4. The molecule has 168 valence electrons. The Morgan fingerprint density at radius 1 is 1.00 bits per heavy atom. The van der Waals surface area contributed by atoms with Crippen LogP contribution in [0, 0.1) is 20.8 Å². The number of aryl methyl sites for hydroxylation is 3. The van der Waals surface area contributed by atoms with Gasteiger partial charge in [-0.3, -0.25) is 9.10 Å². The van der Waals surface area contributed by atoms with E-state index in [9.17, 15) is 18.0 Å². The second-order valence-corrected chi connectivity index (χ2v) is 9.41. The molecule has 0 aliphatic heterocycles. The van der Waals surface area contributed by atoms with Crippen molar-refractivity contribution >= 4 is 33.3 Å². The first kappa shape index (κ1) is 24.4. The van der Waals surface area contributed by atoms with Crippen molar-refractivity contribution in [2.45, 2.75) is 40.5 Å². The smallest absolute Gasteiger partial charge is 0.338 e. The van der Waals surface area contributed by atoms with Gasteiger partial charge in [0.1, 0.15) is 0 Å². The zero-order chi connectivity index (χ0) is 23.2. The highest BCUT2D eigenvalue weighted by Gasteiger charge is 2.18. The SMILES string of the molecule is CCOC(=O)c1ccc(C)c(NC(=O)CCCN(c2ccc(C)c(C)c2)S(C)(=O)=O)c1. The number of amides is 1. The number of carbonyl (C=O) groups excluding carboxylic acids is 2. The molecule has 0 aliphatic rings. The molecule has 0 aromatic heterocycles. The fraction of sp³-hybridized carbons (Fsp3) is 0.391. The van der Waals surface area contributed by atoms with E-state index in [2.05, 4.69) is 5.32 Å². The Bertz CT molecular complexity index is 1060. The summed E-state index contributed by atoms with van der Waals surface area (Å²) in [5, 5.41) is 2.80. The zero-order valence-corrected chi connectivity index (χ0v) is 19.5. The molecule has 0 aliphatic carbocycles. The zero-order valence-electron chi connectivity index (χ0n) is 18.7. The number of hydrogen-bond acceptors (Lipinski definition) is 5. The molecule has 0 heterocycles. The monoisotopic (exact) mass is 446 g/mol. The number of anilines is 2. The Hall–Kier alpha value is -2.87. The van der Waals surface area contributed by atoms with Gasteiger partial charge in [-0.25, -0.2) is 13.2 Å². The third kappa shape index (κ3) is 6.82. The maximum absolute atomic E-state index is 12.4. The summed E-state index contributed by atoms with van der Waals surface area (Å²) in [4.78, 5) is 24.4. The fourth-order valence-electron chi connectivity index (χ4n) is 3.06. The van der Waals surface area contributed by atoms with Gasteiger partial charge >= 0.3 is 5.97 Å². The van der Waals surface area contributed by atoms with E-state index in [1.807, 2.05) is 32.9 Å². The van der Waals surface area contributed by atoms with Crippen molar-refractivity contribution in [3.05, 3.63) is 58.7 Å². The van der Waals surface area contributed by atoms with Crippen molar-refractivity contribution in [1.29, 1.82) is 0 Å². The van der Waals surface area contributed by atoms with Crippen LogP contribution in [0.25, 0.3) is 0 Å². The van der Waals surface area contributed by atoms with E-state index >= 15 is 0 Å². The number of ether oxygens (including phenoxy) is 1. The minimum absolute atomic E-state index is 0.139. The summed E-state index contributed by atoms with van der Waals surface area (Å²) in [6.45, 7) is 7.91. The van der Waals surface area contributed by atoms with Crippen LogP contribution in [-0.4, -0.2) is 39.7 Å². The van der Waals surface area contributed by atoms with Gasteiger partial charge in [-0.1, -0.05) is 12.1 Å². The molecule has 2 aromatic rings. The molecule has 8 heteroatoms. The average Bonchev–Trinajstić information content (AvgIpc) is 2.68. The first-order valence-corrected chi connectivity index (χ1v) is 12.0. The van der Waals surface area contributed by atoms with Gasteiger partial charge in [0.05, 0.1) is 24.1 Å². The minimum atomic E-state index is -3.48. The summed E-state index contributed by atoms with van der Waals surface area (Å²) in [5.74, 6) is -0.701. The molecular formula is C23H30N2O5S. The van der Waals surface area contributed by atoms with Crippen LogP contribution in [0.15, 0.2) is 36.4 Å². The number of esters is 1. The normalized spacial score (nSPS) is 11.1. The highest BCUT2D eigenvalue weighted by atomic mass is 32.2. The van der Waals surface area contributed by atoms with Crippen molar-refractivity contribution in [3.8, 4) is 0 Å². The van der Waals surface area contributed by atoms with Gasteiger partial charge < -0.3 is 10.1 Å². The van der Waals surface area contributed by atoms with Crippen LogP contribution in [-0.2, 0) is 19.6 Å². The van der Waals surface area contributed by atoms with Crippen LogP contribution in [0.4, 0.5) is 11.4 Å². The summed E-state index contributed by atoms with van der Waals surface area (Å²) in [6, 6.07) is 10.5. The molecule has 31 heavy (non-hydrogen) atoms. The van der Waals surface area contributed by atoms with E-state index in [1.54, 1.807) is 31.2 Å². The molecular weight excluding hydrogens is 416 g/mol. The van der Waals surface area contributed by atoms with E-state index < -0.39 is 16.0 Å². The first-order valence-electron chi connectivity index (χ1n) is 10.2. The Morgan fingerprint density at radius 3 is 2.29 bits per heavy atom. The molecule has 0 atom stereocenters. The molecule has 0 unspecified atom stereocenters. The summed E-state index contributed by atoms with van der Waals surface area (Å²) >= 11 is 0. The van der Waals surface area contributed by atoms with Gasteiger partial charge in [0, 0.05) is 18.7 Å². The van der Waals surface area contributed by atoms with Crippen LogP contribution in [0.5, 0.6) is 0 Å². The predicted octanol–water partition coefficient (Wildman–Crippen LogP) is 3.97. The van der Waals surface area contributed by atoms with Gasteiger partial charge in [-0.15, -0.1) is 0 Å². The highest BCUT2D eigenvalue weighted by molar-refractivity contribution is 7.92. The quantitative estimate of drug-likeness (QED) is 0.588. The maximum Gasteiger partial charge on any atom is 0.338 e. The van der Waals surface area contributed by atoms with Gasteiger partial charge in [-0.2, -0.15) is 0 Å². The molecule has 2 aromatic carbocycles. The van der Waals surface area contributed by atoms with Crippen molar-refractivity contribution in [3.63, 3.8) is 0 Å². The summed E-state index contributed by atoms with van der Waals surface area (Å²) < 4.78 is 30.9. The summed E-state index contributed by atoms with van der Waals surface area (Å²) in [7, 11) is -3.48. The Kier molecular flexibility index (Phi) is 8.21. The van der Waals surface area contributed by atoms with Gasteiger partial charge in [-0.05, 0) is 75.1 Å². The summed E-state index contributed by atoms with van der Waals surface area (Å²) in [5.41, 5.74) is 4.38. The number of hydrogen-bond donors (Lipinski definition) is 1. The predicted molar refractivity (Wildman–Crippen MR) is 123 cm³/mol. The average molecular weight is 447 g/mol. The van der Waals surface area contributed by atoms with Crippen molar-refractivity contribution < 1.29 is 22.7 Å². The number of nitrogens with zero attached hydrogens (tertiary/aromatic N) is 1. The van der Waals surface area contributed by atoms with Gasteiger partial charge in [0.25, 0.3) is 0 Å². The van der Waals surface area contributed by atoms with E-state index in [4.69, 9.17) is 4.74 Å². The van der Waals surface area contributed by atoms with Crippen LogP contribution in [0.1, 0.15) is 46.8 Å². The lowest BCUT2D eigenvalue weighted by atomic mass is 10.1. The minimum Gasteiger partial charge on any atom is -0.462 e. The largest absolute Gasteiger partial charge is 0.462 e. The van der Waals surface area contributed by atoms with Crippen LogP contribution < -0.4 is 9.62 Å². The number of carbonyl (C=O) groups is 2. The lowest BCUT2D eigenvalue weighted by Gasteiger charge is -2.23. The molecule has 0 radical (unpaired) electrons. The van der Waals surface area contributed by atoms with E-state index in [0.717, 1.165) is 22.9 Å². The Morgan fingerprint density at radius 2 is 1.68 bits per heavy atom. The summed E-state index contributed by atoms with van der Waals surface area (Å²) in [6.07, 6.45) is 1.65. The highest BCUT2D eigenvalue weighted by Crippen LogP contribution is 2.22. The molecule has 0 saturated heterocycles. The topological polar surface area (TPSA) is 92.8 Å². The number of benzene rings is 2. The van der Waals surface area contributed by atoms with E-state index in [1.165, 1.54) is 4.31 Å². The third-order valence-electron chi connectivity index (χ3n) is 4.97. The van der Waals surface area contributed by atoms with Crippen LogP contribution in [0.3, 0.4) is 0 Å². The Labute approximate surface area is 184 Å². The molecule has 0 spiro atoms. The second-order valence-electron chi connectivity index (χ2n) is 7.51. The molecule has 7 nitrogen and oxygen atoms in total. The third-order valence-corrected chi connectivity index (χ3v) is 6.16. The number of rotatable bonds is 9. The number of sulfonamides is 1. The molecule has 2 rings (SSSR count). The molecule has 1 N–H and O–H groups in total. The molecule has 0 fully saturated rings. The number of nitrogens with one attached hydrogen (secondary N) is 1. The lowest BCUT2D eigenvalue weighted by molar-refractivity contribution is -0.116. The van der Waals surface area contributed by atoms with Gasteiger partial charge in [0.15, 0.2) is 0 Å². The van der Waals surface area contributed by atoms with E-state index in [-0.39, 0.29) is 25.5 Å². The standard InChI is InChI=1S/C23H30N2O5S/c1-6-30-23(27)19-11-9-17(3)21(15-19)24-22(26)8-7-13-25(31(5,28)29)20-12-10-16(2)18(4)14-20/h9-12,14-15H,6-8,13H2,1-5H3,(H,24,26). The van der Waals surface area contributed by atoms with Crippen LogP contribution in [0.2, 0.25) is 0 Å². The molecule has 1 amide bonds. The van der Waals surface area contributed by atoms with Crippen LogP contribution >= 0.6 is 0 Å². The Balaban J connectivity index is 2.04. The van der Waals surface area contributed by atoms with Crippen molar-refractivity contribution in [1.82, 2.24) is 0 Å². The first-order chi connectivity index (χ1) is 14.5.